The van der Waals surface area contributed by atoms with Gasteiger partial charge >= 0.3 is 0 Å². The van der Waals surface area contributed by atoms with Crippen LogP contribution in [0.3, 0.4) is 0 Å². The van der Waals surface area contributed by atoms with Crippen molar-refractivity contribution in [3.63, 3.8) is 0 Å². The highest BCUT2D eigenvalue weighted by molar-refractivity contribution is 6.09. The van der Waals surface area contributed by atoms with Crippen molar-refractivity contribution in [2.75, 3.05) is 0 Å². The van der Waals surface area contributed by atoms with Crippen LogP contribution < -0.4 is 9.47 Å². The smallest absolute Gasteiger partial charge is 0.193 e. The average molecular weight is 549 g/mol. The Morgan fingerprint density at radius 3 is 1.00 bits per heavy atom. The summed E-state index contributed by atoms with van der Waals surface area (Å²) in [7, 11) is 0. The van der Waals surface area contributed by atoms with Crippen molar-refractivity contribution in [2.45, 2.75) is 13.8 Å². The number of fused-ring (bicyclic) bond motifs is 1. The van der Waals surface area contributed by atoms with Gasteiger partial charge in [-0.3, -0.25) is 9.59 Å². The van der Waals surface area contributed by atoms with Crippen molar-refractivity contribution in [1.29, 1.82) is 0 Å². The normalized spacial score (nSPS) is 10.8. The van der Waals surface area contributed by atoms with E-state index in [1.807, 2.05) is 123 Å². The van der Waals surface area contributed by atoms with Crippen LogP contribution in [0.15, 0.2) is 133 Å². The minimum atomic E-state index is -0.0167. The summed E-state index contributed by atoms with van der Waals surface area (Å²) in [5, 5.41) is 2.01. The molecule has 4 nitrogen and oxygen atoms in total. The quantitative estimate of drug-likeness (QED) is 0.178. The Hall–Kier alpha value is -5.48. The van der Waals surface area contributed by atoms with Gasteiger partial charge in [-0.15, -0.1) is 0 Å². The largest absolute Gasteiger partial charge is 0.457 e. The van der Waals surface area contributed by atoms with Gasteiger partial charge in [0.2, 0.25) is 0 Å². The molecule has 0 saturated carbocycles. The van der Waals surface area contributed by atoms with E-state index in [1.165, 1.54) is 0 Å². The van der Waals surface area contributed by atoms with Gasteiger partial charge in [0.05, 0.1) is 0 Å². The first-order valence-corrected chi connectivity index (χ1v) is 13.7. The van der Waals surface area contributed by atoms with Crippen molar-refractivity contribution >= 4 is 22.3 Å². The molecule has 0 aromatic heterocycles. The molecule has 0 fully saturated rings. The second kappa shape index (κ2) is 11.6. The van der Waals surface area contributed by atoms with Crippen molar-refractivity contribution in [2.24, 2.45) is 0 Å². The van der Waals surface area contributed by atoms with Crippen LogP contribution in [0.25, 0.3) is 10.8 Å². The third kappa shape index (κ3) is 5.98. The molecule has 42 heavy (non-hydrogen) atoms. The first kappa shape index (κ1) is 26.7. The lowest BCUT2D eigenvalue weighted by molar-refractivity contribution is 0.103. The van der Waals surface area contributed by atoms with Crippen molar-refractivity contribution in [3.8, 4) is 23.0 Å². The molecule has 0 amide bonds. The molecule has 0 heterocycles. The highest BCUT2D eigenvalue weighted by Gasteiger charge is 2.11. The molecule has 0 spiro atoms. The van der Waals surface area contributed by atoms with Gasteiger partial charge in [0.25, 0.3) is 0 Å². The van der Waals surface area contributed by atoms with E-state index in [-0.39, 0.29) is 11.6 Å². The lowest BCUT2D eigenvalue weighted by Gasteiger charge is -2.10. The van der Waals surface area contributed by atoms with Crippen LogP contribution in [0.4, 0.5) is 0 Å². The highest BCUT2D eigenvalue weighted by Crippen LogP contribution is 2.30. The Bertz CT molecular complexity index is 1740. The Morgan fingerprint density at radius 2 is 0.667 bits per heavy atom. The maximum absolute atomic E-state index is 12.8. The maximum Gasteiger partial charge on any atom is 0.193 e. The van der Waals surface area contributed by atoms with Crippen molar-refractivity contribution in [1.82, 2.24) is 0 Å². The lowest BCUT2D eigenvalue weighted by atomic mass is 10.0. The standard InChI is InChI=1S/C38H28O4/c1-25-3-7-27(8-4-25)37(39)29-11-17-33(18-12-29)41-35-21-15-32-24-36(22-16-31(32)23-35)42-34-19-13-30(14-20-34)38(40)28-9-5-26(2)6-10-28/h3-24H,1-2H3. The summed E-state index contributed by atoms with van der Waals surface area (Å²) in [5.41, 5.74) is 4.80. The summed E-state index contributed by atoms with van der Waals surface area (Å²) in [4.78, 5) is 25.5. The summed E-state index contributed by atoms with van der Waals surface area (Å²) in [6.45, 7) is 4.00. The zero-order valence-electron chi connectivity index (χ0n) is 23.3. The number of carbonyl (C=O) groups is 2. The fraction of sp³-hybridized carbons (Fsp3) is 0.0526. The average Bonchev–Trinajstić information content (AvgIpc) is 3.02. The predicted molar refractivity (Wildman–Crippen MR) is 166 cm³/mol. The molecule has 0 atom stereocenters. The van der Waals surface area contributed by atoms with E-state index < -0.39 is 0 Å². The predicted octanol–water partition coefficient (Wildman–Crippen LogP) is 9.50. The Balaban J connectivity index is 1.11. The lowest BCUT2D eigenvalue weighted by Crippen LogP contribution is -2.01. The van der Waals surface area contributed by atoms with Crippen LogP contribution in [0.5, 0.6) is 23.0 Å². The van der Waals surface area contributed by atoms with Gasteiger partial charge in [-0.05, 0) is 97.4 Å². The third-order valence-corrected chi connectivity index (χ3v) is 7.12. The zero-order chi connectivity index (χ0) is 29.1. The van der Waals surface area contributed by atoms with Gasteiger partial charge in [0.1, 0.15) is 23.0 Å². The summed E-state index contributed by atoms with van der Waals surface area (Å²) in [6, 6.07) is 41.2. The first-order valence-electron chi connectivity index (χ1n) is 13.7. The highest BCUT2D eigenvalue weighted by atomic mass is 16.5. The molecule has 0 bridgehead atoms. The van der Waals surface area contributed by atoms with Gasteiger partial charge < -0.3 is 9.47 Å². The molecular formula is C38H28O4. The molecule has 6 aromatic rings. The van der Waals surface area contributed by atoms with E-state index in [9.17, 15) is 9.59 Å². The number of benzene rings is 6. The number of hydrogen-bond acceptors (Lipinski definition) is 4. The van der Waals surface area contributed by atoms with Gasteiger partial charge in [-0.1, -0.05) is 71.8 Å². The van der Waals surface area contributed by atoms with Gasteiger partial charge in [0, 0.05) is 22.3 Å². The van der Waals surface area contributed by atoms with Gasteiger partial charge in [-0.2, -0.15) is 0 Å². The van der Waals surface area contributed by atoms with Crippen molar-refractivity contribution in [3.05, 3.63) is 167 Å². The minimum absolute atomic E-state index is 0.0167. The number of hydrogen-bond donors (Lipinski definition) is 0. The summed E-state index contributed by atoms with van der Waals surface area (Å²) >= 11 is 0. The van der Waals surface area contributed by atoms with E-state index >= 15 is 0 Å². The first-order chi connectivity index (χ1) is 20.4. The summed E-state index contributed by atoms with van der Waals surface area (Å²) in [5.74, 6) is 2.66. The van der Waals surface area contributed by atoms with Crippen LogP contribution in [0, 0.1) is 13.8 Å². The van der Waals surface area contributed by atoms with Gasteiger partial charge in [0.15, 0.2) is 11.6 Å². The van der Waals surface area contributed by atoms with E-state index in [1.54, 1.807) is 24.3 Å². The van der Waals surface area contributed by atoms with Crippen LogP contribution in [0.2, 0.25) is 0 Å². The number of aryl methyl sites for hydroxylation is 2. The van der Waals surface area contributed by atoms with Gasteiger partial charge in [-0.25, -0.2) is 0 Å². The molecule has 0 aliphatic heterocycles. The van der Waals surface area contributed by atoms with Crippen LogP contribution in [0.1, 0.15) is 43.0 Å². The minimum Gasteiger partial charge on any atom is -0.457 e. The summed E-state index contributed by atoms with van der Waals surface area (Å²) < 4.78 is 12.1. The number of rotatable bonds is 8. The third-order valence-electron chi connectivity index (χ3n) is 7.12. The van der Waals surface area contributed by atoms with Crippen LogP contribution >= 0.6 is 0 Å². The van der Waals surface area contributed by atoms with Crippen molar-refractivity contribution < 1.29 is 19.1 Å². The summed E-state index contributed by atoms with van der Waals surface area (Å²) in [6.07, 6.45) is 0. The molecule has 6 rings (SSSR count). The maximum atomic E-state index is 12.8. The molecule has 0 aliphatic carbocycles. The molecule has 0 aliphatic rings. The number of carbonyl (C=O) groups excluding carboxylic acids is 2. The molecule has 4 heteroatoms. The number of ether oxygens (including phenoxy) is 2. The molecule has 0 unspecified atom stereocenters. The molecule has 6 aromatic carbocycles. The Kier molecular flexibility index (Phi) is 7.35. The van der Waals surface area contributed by atoms with Crippen LogP contribution in [-0.2, 0) is 0 Å². The molecule has 204 valence electrons. The zero-order valence-corrected chi connectivity index (χ0v) is 23.3. The number of ketones is 2. The van der Waals surface area contributed by atoms with E-state index in [0.29, 0.717) is 45.3 Å². The molecule has 0 N–H and O–H groups in total. The second-order valence-corrected chi connectivity index (χ2v) is 10.3. The molecular weight excluding hydrogens is 520 g/mol. The Morgan fingerprint density at radius 1 is 0.381 bits per heavy atom. The van der Waals surface area contributed by atoms with E-state index in [2.05, 4.69) is 0 Å². The molecule has 0 saturated heterocycles. The SMILES string of the molecule is Cc1ccc(C(=O)c2ccc(Oc3ccc4cc(Oc5ccc(C(=O)c6ccc(C)cc6)cc5)ccc4c3)cc2)cc1. The van der Waals surface area contributed by atoms with Crippen LogP contribution in [-0.4, -0.2) is 11.6 Å². The monoisotopic (exact) mass is 548 g/mol. The fourth-order valence-electron chi connectivity index (χ4n) is 4.69. The molecule has 0 radical (unpaired) electrons. The topological polar surface area (TPSA) is 52.6 Å². The second-order valence-electron chi connectivity index (χ2n) is 10.3. The van der Waals surface area contributed by atoms with E-state index in [4.69, 9.17) is 9.47 Å². The van der Waals surface area contributed by atoms with E-state index in [0.717, 1.165) is 21.9 Å². The Labute approximate surface area is 244 Å². The fourth-order valence-corrected chi connectivity index (χ4v) is 4.69.